The first-order chi connectivity index (χ1) is 5.81. The van der Waals surface area contributed by atoms with Gasteiger partial charge in [0.25, 0.3) is 0 Å². The van der Waals surface area contributed by atoms with E-state index in [0.717, 1.165) is 27.4 Å². The van der Waals surface area contributed by atoms with Crippen LogP contribution in [0.4, 0.5) is 0 Å². The number of rotatable bonds is 8. The summed E-state index contributed by atoms with van der Waals surface area (Å²) in [4.78, 5) is 0. The van der Waals surface area contributed by atoms with E-state index in [1.54, 1.807) is 0 Å². The molecule has 1 atom stereocenters. The summed E-state index contributed by atoms with van der Waals surface area (Å²) < 4.78 is 15.4. The SMILES string of the molecule is CCCCCCC[CH2][SnH]([OH])[O][SnH]. The first-order valence-corrected chi connectivity index (χ1v) is 11.3. The Morgan fingerprint density at radius 2 is 1.75 bits per heavy atom. The van der Waals surface area contributed by atoms with Crippen molar-refractivity contribution in [3.63, 3.8) is 0 Å². The zero-order valence-electron chi connectivity index (χ0n) is 7.96. The van der Waals surface area contributed by atoms with Gasteiger partial charge in [0.15, 0.2) is 0 Å². The minimum atomic E-state index is -2.29. The van der Waals surface area contributed by atoms with Crippen LogP contribution in [0.25, 0.3) is 0 Å². The topological polar surface area (TPSA) is 29.5 Å². The number of hydrogen-bond donors (Lipinski definition) is 1. The van der Waals surface area contributed by atoms with Crippen molar-refractivity contribution in [3.8, 4) is 0 Å². The summed E-state index contributed by atoms with van der Waals surface area (Å²) in [6.45, 7) is 2.23. The Morgan fingerprint density at radius 1 is 1.17 bits per heavy atom. The van der Waals surface area contributed by atoms with Gasteiger partial charge in [0.1, 0.15) is 0 Å². The van der Waals surface area contributed by atoms with Gasteiger partial charge in [0.05, 0.1) is 0 Å². The van der Waals surface area contributed by atoms with E-state index >= 15 is 0 Å². The molecule has 0 heterocycles. The summed E-state index contributed by atoms with van der Waals surface area (Å²) in [5, 5.41) is 0. The molecule has 0 fully saturated rings. The van der Waals surface area contributed by atoms with Crippen LogP contribution >= 0.6 is 0 Å². The van der Waals surface area contributed by atoms with Crippen molar-refractivity contribution >= 4 is 43.5 Å². The van der Waals surface area contributed by atoms with Crippen molar-refractivity contribution in [1.82, 2.24) is 0 Å². The van der Waals surface area contributed by atoms with Gasteiger partial charge < -0.3 is 0 Å². The Balaban J connectivity index is 2.90. The zero-order valence-corrected chi connectivity index (χ0v) is 14.6. The van der Waals surface area contributed by atoms with Crippen LogP contribution in [0.5, 0.6) is 0 Å². The van der Waals surface area contributed by atoms with Crippen LogP contribution in [0.15, 0.2) is 0 Å². The van der Waals surface area contributed by atoms with E-state index in [-0.39, 0.29) is 0 Å². The summed E-state index contributed by atoms with van der Waals surface area (Å²) in [7, 11) is 0. The Bertz CT molecular complexity index is 91.1. The van der Waals surface area contributed by atoms with Crippen LogP contribution in [0.2, 0.25) is 4.44 Å². The molecule has 2 nitrogen and oxygen atoms in total. The summed E-state index contributed by atoms with van der Waals surface area (Å²) in [6.07, 6.45) is 7.86. The van der Waals surface area contributed by atoms with Gasteiger partial charge in [-0.25, -0.2) is 0 Å². The van der Waals surface area contributed by atoms with E-state index in [1.807, 2.05) is 0 Å². The van der Waals surface area contributed by atoms with Gasteiger partial charge in [-0.1, -0.05) is 0 Å². The Labute approximate surface area is 97.5 Å². The quantitative estimate of drug-likeness (QED) is 0.505. The summed E-state index contributed by atoms with van der Waals surface area (Å²) in [5.41, 5.74) is 0. The fourth-order valence-corrected chi connectivity index (χ4v) is 5.98. The second-order valence-electron chi connectivity index (χ2n) is 3.15. The van der Waals surface area contributed by atoms with Crippen molar-refractivity contribution < 1.29 is 4.86 Å². The summed E-state index contributed by atoms with van der Waals surface area (Å²) >= 11 is -1.50. The maximum atomic E-state index is 9.28. The van der Waals surface area contributed by atoms with E-state index in [0.29, 0.717) is 0 Å². The molecule has 0 bridgehead atoms. The van der Waals surface area contributed by atoms with Gasteiger partial charge in [-0.2, -0.15) is 0 Å². The minimum absolute atomic E-state index is 0.794. The van der Waals surface area contributed by atoms with Crippen molar-refractivity contribution in [1.29, 1.82) is 0 Å². The Kier molecular flexibility index (Phi) is 11.9. The molecule has 0 amide bonds. The molecule has 0 rings (SSSR count). The average molecular weight is 386 g/mol. The molecule has 0 aromatic heterocycles. The third-order valence-corrected chi connectivity index (χ3v) is 11.4. The monoisotopic (exact) mass is 388 g/mol. The summed E-state index contributed by atoms with van der Waals surface area (Å²) in [5.74, 6) is 0. The van der Waals surface area contributed by atoms with Crippen molar-refractivity contribution in [2.24, 2.45) is 0 Å². The predicted molar refractivity (Wildman–Crippen MR) is 55.8 cm³/mol. The molecule has 0 aliphatic heterocycles. The molecule has 0 aliphatic carbocycles. The van der Waals surface area contributed by atoms with Crippen LogP contribution < -0.4 is 0 Å². The van der Waals surface area contributed by atoms with Crippen LogP contribution in [0.1, 0.15) is 45.4 Å². The molecule has 0 saturated carbocycles. The first-order valence-electron chi connectivity index (χ1n) is 4.84. The Hall–Kier alpha value is 1.52. The van der Waals surface area contributed by atoms with Crippen LogP contribution in [-0.4, -0.2) is 47.0 Å². The van der Waals surface area contributed by atoms with E-state index in [1.165, 1.54) is 38.5 Å². The van der Waals surface area contributed by atoms with Crippen LogP contribution in [-0.2, 0) is 1.41 Å². The van der Waals surface area contributed by atoms with Gasteiger partial charge in [0, 0.05) is 0 Å². The predicted octanol–water partition coefficient (Wildman–Crippen LogP) is 1.39. The zero-order chi connectivity index (χ0) is 9.23. The van der Waals surface area contributed by atoms with Gasteiger partial charge in [-0.05, 0) is 0 Å². The molecule has 1 N–H and O–H groups in total. The molecule has 72 valence electrons. The molecular weight excluding hydrogens is 366 g/mol. The Morgan fingerprint density at radius 3 is 2.33 bits per heavy atom. The van der Waals surface area contributed by atoms with Crippen molar-refractivity contribution in [2.45, 2.75) is 49.9 Å². The van der Waals surface area contributed by atoms with E-state index in [9.17, 15) is 3.44 Å². The second-order valence-corrected chi connectivity index (χ2v) is 13.4. The van der Waals surface area contributed by atoms with Crippen molar-refractivity contribution in [3.05, 3.63) is 0 Å². The fraction of sp³-hybridized carbons (Fsp3) is 1.00. The van der Waals surface area contributed by atoms with E-state index in [2.05, 4.69) is 6.92 Å². The third-order valence-electron chi connectivity index (χ3n) is 1.96. The molecule has 2 radical (unpaired) electrons. The summed E-state index contributed by atoms with van der Waals surface area (Å²) in [6, 6.07) is 0. The standard InChI is InChI=1S/C8H17.H2O.O.2Sn.2H/c1-3-5-7-8-6-4-2;;;;;;/h1,3-8H2,2H3;1H2;;;;;/q;;;;+1;;/p-1. The molecule has 0 spiro atoms. The normalized spacial score (nSPS) is 13.2. The van der Waals surface area contributed by atoms with Crippen LogP contribution in [0, 0.1) is 0 Å². The van der Waals surface area contributed by atoms with Gasteiger partial charge >= 0.3 is 98.3 Å². The first kappa shape index (κ1) is 13.5. The maximum absolute atomic E-state index is 9.28. The molecule has 0 aromatic rings. The second kappa shape index (κ2) is 10.6. The van der Waals surface area contributed by atoms with Gasteiger partial charge in [-0.15, -0.1) is 0 Å². The molecule has 4 heteroatoms. The molecule has 0 aliphatic rings. The molecule has 0 aromatic carbocycles. The molecule has 1 unspecified atom stereocenters. The van der Waals surface area contributed by atoms with Gasteiger partial charge in [0.2, 0.25) is 0 Å². The van der Waals surface area contributed by atoms with Gasteiger partial charge in [-0.3, -0.25) is 0 Å². The third kappa shape index (κ3) is 9.60. The fourth-order valence-electron chi connectivity index (χ4n) is 1.17. The molecular formula is C8H20O2Sn2. The molecule has 0 saturated heterocycles. The van der Waals surface area contributed by atoms with E-state index in [4.69, 9.17) is 1.41 Å². The number of hydrogen-bond acceptors (Lipinski definition) is 2. The number of unbranched alkanes of at least 4 members (excludes halogenated alkanes) is 5. The average Bonchev–Trinajstić information content (AvgIpc) is 2.10. The molecule has 12 heavy (non-hydrogen) atoms. The van der Waals surface area contributed by atoms with E-state index < -0.39 is 20.6 Å². The van der Waals surface area contributed by atoms with Crippen molar-refractivity contribution in [2.75, 3.05) is 0 Å². The van der Waals surface area contributed by atoms with Crippen LogP contribution in [0.3, 0.4) is 0 Å².